The number of carbonyl (C=O) groups is 1. The summed E-state index contributed by atoms with van der Waals surface area (Å²) in [7, 11) is 2.87. The topological polar surface area (TPSA) is 72.8 Å². The molecule has 0 unspecified atom stereocenters. The van der Waals surface area contributed by atoms with Gasteiger partial charge in [0.25, 0.3) is 5.91 Å². The monoisotopic (exact) mass is 401 g/mol. The highest BCUT2D eigenvalue weighted by molar-refractivity contribution is 6.45. The van der Waals surface area contributed by atoms with Crippen molar-refractivity contribution in [2.75, 3.05) is 14.2 Å². The first kappa shape index (κ1) is 19.3. The smallest absolute Gasteiger partial charge is 0.273 e. The minimum atomic E-state index is -0.389. The molecule has 0 aliphatic rings. The molecular formula is C16H14Cl3N3O3. The van der Waals surface area contributed by atoms with Crippen LogP contribution in [0.2, 0.25) is 15.2 Å². The van der Waals surface area contributed by atoms with Gasteiger partial charge in [-0.3, -0.25) is 4.79 Å². The summed E-state index contributed by atoms with van der Waals surface area (Å²) < 4.78 is 5.63. The van der Waals surface area contributed by atoms with Gasteiger partial charge in [0.15, 0.2) is 10.9 Å². The predicted molar refractivity (Wildman–Crippen MR) is 97.7 cm³/mol. The van der Waals surface area contributed by atoms with E-state index in [0.717, 1.165) is 0 Å². The number of aromatic nitrogens is 1. The Morgan fingerprint density at radius 3 is 2.64 bits per heavy atom. The number of likely N-dealkylation sites (N-methyl/N-ethyl adjacent to an activating group) is 1. The van der Waals surface area contributed by atoms with Crippen LogP contribution in [-0.4, -0.2) is 30.8 Å². The third kappa shape index (κ3) is 4.75. The van der Waals surface area contributed by atoms with Crippen molar-refractivity contribution in [1.29, 1.82) is 0 Å². The highest BCUT2D eigenvalue weighted by Crippen LogP contribution is 2.31. The lowest BCUT2D eigenvalue weighted by atomic mass is 10.0. The lowest BCUT2D eigenvalue weighted by Crippen LogP contribution is -2.29. The number of oxime groups is 1. The van der Waals surface area contributed by atoms with Gasteiger partial charge in [0, 0.05) is 12.6 Å². The molecule has 2 rings (SSSR count). The highest BCUT2D eigenvalue weighted by Gasteiger charge is 2.18. The number of benzene rings is 1. The summed E-state index contributed by atoms with van der Waals surface area (Å²) in [6, 6.07) is 8.55. The van der Waals surface area contributed by atoms with Crippen LogP contribution in [0.5, 0.6) is 5.88 Å². The van der Waals surface area contributed by atoms with Crippen LogP contribution in [-0.2, 0) is 16.2 Å². The zero-order chi connectivity index (χ0) is 18.4. The van der Waals surface area contributed by atoms with Crippen LogP contribution >= 0.6 is 34.8 Å². The molecule has 0 saturated carbocycles. The number of amides is 1. The molecule has 0 atom stereocenters. The van der Waals surface area contributed by atoms with E-state index in [0.29, 0.717) is 11.1 Å². The second-order valence-corrected chi connectivity index (χ2v) is 5.87. The van der Waals surface area contributed by atoms with Crippen molar-refractivity contribution < 1.29 is 14.4 Å². The molecule has 1 amide bonds. The minimum absolute atomic E-state index is 0.0839. The number of hydrogen-bond donors (Lipinski definition) is 1. The van der Waals surface area contributed by atoms with Gasteiger partial charge in [-0.15, -0.1) is 0 Å². The van der Waals surface area contributed by atoms with Crippen molar-refractivity contribution in [3.05, 3.63) is 56.7 Å². The van der Waals surface area contributed by atoms with Crippen LogP contribution in [0.4, 0.5) is 0 Å². The Bertz CT molecular complexity index is 812. The highest BCUT2D eigenvalue weighted by atomic mass is 35.5. The summed E-state index contributed by atoms with van der Waals surface area (Å²) in [6.07, 6.45) is 0. The van der Waals surface area contributed by atoms with Crippen molar-refractivity contribution >= 4 is 46.4 Å². The molecule has 0 aliphatic heterocycles. The summed E-state index contributed by atoms with van der Waals surface area (Å²) >= 11 is 17.8. The number of halogens is 3. The van der Waals surface area contributed by atoms with Crippen molar-refractivity contribution in [1.82, 2.24) is 10.3 Å². The van der Waals surface area contributed by atoms with Crippen molar-refractivity contribution in [2.24, 2.45) is 5.16 Å². The third-order valence-corrected chi connectivity index (χ3v) is 4.06. The minimum Gasteiger partial charge on any atom is -0.472 e. The second-order valence-electron chi connectivity index (χ2n) is 4.70. The van der Waals surface area contributed by atoms with E-state index in [1.165, 1.54) is 20.2 Å². The first-order valence-electron chi connectivity index (χ1n) is 7.03. The fourth-order valence-electron chi connectivity index (χ4n) is 1.98. The zero-order valence-electron chi connectivity index (χ0n) is 13.3. The van der Waals surface area contributed by atoms with Crippen LogP contribution < -0.4 is 10.1 Å². The number of ether oxygens (including phenoxy) is 1. The Balaban J connectivity index is 2.31. The largest absolute Gasteiger partial charge is 0.472 e. The van der Waals surface area contributed by atoms with E-state index < -0.39 is 0 Å². The summed E-state index contributed by atoms with van der Waals surface area (Å²) in [5, 5.41) is 6.85. The lowest BCUT2D eigenvalue weighted by Gasteiger charge is -2.12. The summed E-state index contributed by atoms with van der Waals surface area (Å²) in [5.74, 6) is -0.254. The van der Waals surface area contributed by atoms with Gasteiger partial charge in [-0.25, -0.2) is 0 Å². The second kappa shape index (κ2) is 8.89. The standard InChI is InChI=1S/C16H14Cl3N3O3/c1-20-15(23)13(22-24-2)10-6-4-3-5-9(10)8-25-16-12(18)7-11(17)14(19)21-16/h3-7H,8H2,1-2H3,(H,20,23)/b22-13-. The molecule has 0 aliphatic carbocycles. The van der Waals surface area contributed by atoms with Gasteiger partial charge in [-0.1, -0.05) is 64.2 Å². The molecule has 2 aromatic rings. The van der Waals surface area contributed by atoms with Crippen molar-refractivity contribution in [3.63, 3.8) is 0 Å². The predicted octanol–water partition coefficient (Wildman–Crippen LogP) is 3.72. The molecule has 1 heterocycles. The first-order valence-corrected chi connectivity index (χ1v) is 8.17. The van der Waals surface area contributed by atoms with Crippen LogP contribution in [0.25, 0.3) is 0 Å². The summed E-state index contributed by atoms with van der Waals surface area (Å²) in [5.41, 5.74) is 1.36. The lowest BCUT2D eigenvalue weighted by molar-refractivity contribution is -0.114. The normalized spacial score (nSPS) is 11.2. The molecule has 1 aromatic heterocycles. The van der Waals surface area contributed by atoms with Crippen LogP contribution in [0, 0.1) is 0 Å². The molecule has 0 fully saturated rings. The van der Waals surface area contributed by atoms with E-state index in [-0.39, 0.29) is 39.3 Å². The maximum atomic E-state index is 12.0. The Morgan fingerprint density at radius 1 is 1.24 bits per heavy atom. The average Bonchev–Trinajstić information content (AvgIpc) is 2.61. The maximum absolute atomic E-state index is 12.0. The molecule has 0 radical (unpaired) electrons. The van der Waals surface area contributed by atoms with Gasteiger partial charge in [0.1, 0.15) is 18.7 Å². The van der Waals surface area contributed by atoms with E-state index in [1.807, 2.05) is 0 Å². The Hall–Kier alpha value is -2.02. The molecule has 25 heavy (non-hydrogen) atoms. The van der Waals surface area contributed by atoms with Crippen LogP contribution in [0.3, 0.4) is 0 Å². The van der Waals surface area contributed by atoms with E-state index in [4.69, 9.17) is 44.4 Å². The van der Waals surface area contributed by atoms with Gasteiger partial charge in [-0.05, 0) is 11.6 Å². The number of pyridine rings is 1. The molecular weight excluding hydrogens is 389 g/mol. The molecule has 1 aromatic carbocycles. The average molecular weight is 403 g/mol. The van der Waals surface area contributed by atoms with Crippen LogP contribution in [0.1, 0.15) is 11.1 Å². The number of hydrogen-bond acceptors (Lipinski definition) is 5. The molecule has 0 saturated heterocycles. The van der Waals surface area contributed by atoms with E-state index >= 15 is 0 Å². The summed E-state index contributed by atoms with van der Waals surface area (Å²) in [4.78, 5) is 20.8. The van der Waals surface area contributed by atoms with Gasteiger partial charge in [-0.2, -0.15) is 4.98 Å². The number of carbonyl (C=O) groups excluding carboxylic acids is 1. The summed E-state index contributed by atoms with van der Waals surface area (Å²) in [6.45, 7) is 0.0839. The molecule has 0 spiro atoms. The maximum Gasteiger partial charge on any atom is 0.273 e. The van der Waals surface area contributed by atoms with Crippen molar-refractivity contribution in [2.45, 2.75) is 6.61 Å². The fourth-order valence-corrected chi connectivity index (χ4v) is 2.52. The molecule has 6 nitrogen and oxygen atoms in total. The molecule has 132 valence electrons. The molecule has 0 bridgehead atoms. The zero-order valence-corrected chi connectivity index (χ0v) is 15.6. The third-order valence-electron chi connectivity index (χ3n) is 3.12. The Kier molecular flexibility index (Phi) is 6.87. The van der Waals surface area contributed by atoms with Gasteiger partial charge >= 0.3 is 0 Å². The number of rotatable bonds is 6. The van der Waals surface area contributed by atoms with Gasteiger partial charge in [0.05, 0.1) is 5.02 Å². The van der Waals surface area contributed by atoms with Gasteiger partial charge in [0.2, 0.25) is 5.88 Å². The van der Waals surface area contributed by atoms with Gasteiger partial charge < -0.3 is 14.9 Å². The number of nitrogens with one attached hydrogen (secondary N) is 1. The van der Waals surface area contributed by atoms with E-state index in [1.54, 1.807) is 24.3 Å². The molecule has 1 N–H and O–H groups in total. The molecule has 9 heteroatoms. The Morgan fingerprint density at radius 2 is 1.96 bits per heavy atom. The first-order chi connectivity index (χ1) is 12.0. The van der Waals surface area contributed by atoms with Crippen molar-refractivity contribution in [3.8, 4) is 5.88 Å². The number of nitrogens with zero attached hydrogens (tertiary/aromatic N) is 2. The quantitative estimate of drug-likeness (QED) is 0.454. The van der Waals surface area contributed by atoms with E-state index in [2.05, 4.69) is 15.5 Å². The van der Waals surface area contributed by atoms with E-state index in [9.17, 15) is 4.79 Å². The fraction of sp³-hybridized carbons (Fsp3) is 0.188. The SMILES string of the molecule is CNC(=O)/C(=N\OC)c1ccccc1COc1nc(Cl)c(Cl)cc1Cl. The van der Waals surface area contributed by atoms with Crippen LogP contribution in [0.15, 0.2) is 35.5 Å². The Labute approximate surface area is 159 Å².